The van der Waals surface area contributed by atoms with Crippen LogP contribution in [0.1, 0.15) is 86.5 Å². The minimum atomic E-state index is -0.116. The highest BCUT2D eigenvalue weighted by molar-refractivity contribution is 5.39. The van der Waals surface area contributed by atoms with Crippen LogP contribution in [0.5, 0.6) is 0 Å². The van der Waals surface area contributed by atoms with Gasteiger partial charge in [0.15, 0.2) is 0 Å². The lowest BCUT2D eigenvalue weighted by molar-refractivity contribution is 0.0382. The molecule has 162 valence electrons. The van der Waals surface area contributed by atoms with Crippen molar-refractivity contribution < 1.29 is 5.11 Å². The van der Waals surface area contributed by atoms with Crippen molar-refractivity contribution in [1.29, 1.82) is 0 Å². The topological polar surface area (TPSA) is 20.2 Å². The third kappa shape index (κ3) is 3.50. The summed E-state index contributed by atoms with van der Waals surface area (Å²) in [6.07, 6.45) is 18.4. The molecule has 4 rings (SSSR count). The maximum Gasteiger partial charge on any atom is 0.0578 e. The third-order valence-corrected chi connectivity index (χ3v) is 10.0. The van der Waals surface area contributed by atoms with Gasteiger partial charge in [-0.1, -0.05) is 77.0 Å². The molecule has 1 N–H and O–H groups in total. The van der Waals surface area contributed by atoms with Gasteiger partial charge >= 0.3 is 0 Å². The number of hydrogen-bond acceptors (Lipinski definition) is 1. The minimum absolute atomic E-state index is 0.116. The zero-order valence-electron chi connectivity index (χ0n) is 19.7. The smallest absolute Gasteiger partial charge is 0.0578 e. The zero-order chi connectivity index (χ0) is 21.0. The average Bonchev–Trinajstić information content (AvgIpc) is 3.03. The molecule has 0 aromatic carbocycles. The van der Waals surface area contributed by atoms with Gasteiger partial charge in [0.05, 0.1) is 6.10 Å². The van der Waals surface area contributed by atoms with E-state index in [2.05, 4.69) is 65.8 Å². The molecule has 4 aliphatic carbocycles. The number of fused-ring (bicyclic) bond motifs is 5. The highest BCUT2D eigenvalue weighted by atomic mass is 16.3. The standard InChI is InChI=1S/C28H44O/c1-18(2)19(3)7-8-20(4)24-11-12-25-23-10-9-21-17-22(29)13-15-27(21,5)26(23)14-16-28(24,25)6/h7-10,18-20,22,24-26,29H,11-17H2,1-6H3/b8-7+/t19-,20+,22-,24+,25?,26?,27-,28?/m0/s1. The zero-order valence-corrected chi connectivity index (χ0v) is 19.7. The van der Waals surface area contributed by atoms with Crippen LogP contribution in [0.25, 0.3) is 0 Å². The number of hydrogen-bond donors (Lipinski definition) is 1. The quantitative estimate of drug-likeness (QED) is 0.493. The van der Waals surface area contributed by atoms with Gasteiger partial charge in [-0.05, 0) is 91.3 Å². The van der Waals surface area contributed by atoms with Gasteiger partial charge in [0, 0.05) is 0 Å². The molecule has 0 heterocycles. The summed E-state index contributed by atoms with van der Waals surface area (Å²) in [4.78, 5) is 0. The largest absolute Gasteiger partial charge is 0.393 e. The normalized spacial score (nSPS) is 44.0. The van der Waals surface area contributed by atoms with Crippen LogP contribution in [0, 0.1) is 46.3 Å². The lowest BCUT2D eigenvalue weighted by atomic mass is 9.50. The van der Waals surface area contributed by atoms with Crippen molar-refractivity contribution in [2.75, 3.05) is 0 Å². The molecule has 3 saturated carbocycles. The van der Waals surface area contributed by atoms with E-state index in [-0.39, 0.29) is 6.10 Å². The van der Waals surface area contributed by atoms with Crippen LogP contribution in [0.2, 0.25) is 0 Å². The van der Waals surface area contributed by atoms with Crippen LogP contribution in [0.15, 0.2) is 35.5 Å². The second-order valence-electron chi connectivity index (χ2n) is 11.9. The van der Waals surface area contributed by atoms with E-state index in [9.17, 15) is 5.11 Å². The molecule has 29 heavy (non-hydrogen) atoms. The van der Waals surface area contributed by atoms with Gasteiger partial charge in [0.25, 0.3) is 0 Å². The molecule has 0 spiro atoms. The van der Waals surface area contributed by atoms with Gasteiger partial charge in [-0.2, -0.15) is 0 Å². The molecule has 0 amide bonds. The van der Waals surface area contributed by atoms with Crippen molar-refractivity contribution >= 4 is 0 Å². The SMILES string of the molecule is CC(C)[C@@H](C)/C=C/[C@@H](C)[C@H]1CCC2C3=CC=C4C[C@@H](O)CC[C@]4(C)C3CCC21C. The van der Waals surface area contributed by atoms with E-state index >= 15 is 0 Å². The molecule has 0 saturated heterocycles. The molecular weight excluding hydrogens is 352 g/mol. The van der Waals surface area contributed by atoms with Gasteiger partial charge in [-0.25, -0.2) is 0 Å². The van der Waals surface area contributed by atoms with E-state index in [4.69, 9.17) is 0 Å². The number of rotatable bonds is 4. The molecule has 0 bridgehead atoms. The summed E-state index contributed by atoms with van der Waals surface area (Å²) in [5, 5.41) is 10.2. The van der Waals surface area contributed by atoms with Crippen molar-refractivity contribution in [2.45, 2.75) is 92.6 Å². The van der Waals surface area contributed by atoms with Crippen LogP contribution in [-0.2, 0) is 0 Å². The van der Waals surface area contributed by atoms with Gasteiger partial charge in [0.1, 0.15) is 0 Å². The molecule has 1 heteroatoms. The van der Waals surface area contributed by atoms with Crippen molar-refractivity contribution in [3.63, 3.8) is 0 Å². The first-order chi connectivity index (χ1) is 13.7. The predicted molar refractivity (Wildman–Crippen MR) is 123 cm³/mol. The summed E-state index contributed by atoms with van der Waals surface area (Å²) in [6.45, 7) is 14.6. The fraction of sp³-hybridized carbons (Fsp3) is 0.786. The average molecular weight is 397 g/mol. The van der Waals surface area contributed by atoms with E-state index in [1.807, 2.05) is 0 Å². The minimum Gasteiger partial charge on any atom is -0.393 e. The van der Waals surface area contributed by atoms with E-state index in [1.165, 1.54) is 37.7 Å². The number of allylic oxidation sites excluding steroid dienone is 5. The molecule has 0 aliphatic heterocycles. The third-order valence-electron chi connectivity index (χ3n) is 10.0. The second kappa shape index (κ2) is 7.70. The van der Waals surface area contributed by atoms with Crippen molar-refractivity contribution in [3.05, 3.63) is 35.5 Å². The molecule has 0 radical (unpaired) electrons. The van der Waals surface area contributed by atoms with Crippen molar-refractivity contribution in [1.82, 2.24) is 0 Å². The Hall–Kier alpha value is -0.820. The first kappa shape index (κ1) is 21.4. The van der Waals surface area contributed by atoms with E-state index in [0.717, 1.165) is 36.5 Å². The summed E-state index contributed by atoms with van der Waals surface area (Å²) in [5.41, 5.74) is 4.07. The van der Waals surface area contributed by atoms with Crippen LogP contribution < -0.4 is 0 Å². The fourth-order valence-electron chi connectivity index (χ4n) is 7.59. The van der Waals surface area contributed by atoms with Gasteiger partial charge in [0.2, 0.25) is 0 Å². The van der Waals surface area contributed by atoms with Crippen molar-refractivity contribution in [3.8, 4) is 0 Å². The van der Waals surface area contributed by atoms with Crippen LogP contribution in [0.4, 0.5) is 0 Å². The molecule has 4 aliphatic rings. The van der Waals surface area contributed by atoms with Crippen LogP contribution in [-0.4, -0.2) is 11.2 Å². The Morgan fingerprint density at radius 2 is 1.69 bits per heavy atom. The summed E-state index contributed by atoms with van der Waals surface area (Å²) >= 11 is 0. The fourth-order valence-corrected chi connectivity index (χ4v) is 7.59. The Kier molecular flexibility index (Phi) is 5.69. The Morgan fingerprint density at radius 3 is 2.41 bits per heavy atom. The van der Waals surface area contributed by atoms with Crippen LogP contribution in [0.3, 0.4) is 0 Å². The lowest BCUT2D eigenvalue weighted by Crippen LogP contribution is -2.46. The Balaban J connectivity index is 1.57. The summed E-state index contributed by atoms with van der Waals surface area (Å²) in [5.74, 6) is 4.38. The number of aliphatic hydroxyl groups is 1. The van der Waals surface area contributed by atoms with Gasteiger partial charge in [-0.3, -0.25) is 0 Å². The summed E-state index contributed by atoms with van der Waals surface area (Å²) in [6, 6.07) is 0. The van der Waals surface area contributed by atoms with Gasteiger partial charge in [-0.15, -0.1) is 0 Å². The highest BCUT2D eigenvalue weighted by Crippen LogP contribution is 2.65. The Morgan fingerprint density at radius 1 is 0.931 bits per heavy atom. The molecule has 0 aromatic rings. The second-order valence-corrected chi connectivity index (χ2v) is 11.9. The predicted octanol–water partition coefficient (Wildman–Crippen LogP) is 7.33. The molecule has 3 unspecified atom stereocenters. The van der Waals surface area contributed by atoms with Crippen LogP contribution >= 0.6 is 0 Å². The highest BCUT2D eigenvalue weighted by Gasteiger charge is 2.56. The maximum atomic E-state index is 10.2. The molecule has 1 nitrogen and oxygen atoms in total. The molecule has 8 atom stereocenters. The first-order valence-electron chi connectivity index (χ1n) is 12.4. The first-order valence-corrected chi connectivity index (χ1v) is 12.4. The van der Waals surface area contributed by atoms with E-state index in [0.29, 0.717) is 22.7 Å². The monoisotopic (exact) mass is 396 g/mol. The lowest BCUT2D eigenvalue weighted by Gasteiger charge is -2.55. The van der Waals surface area contributed by atoms with Crippen molar-refractivity contribution in [2.24, 2.45) is 46.3 Å². The molecule has 3 fully saturated rings. The molecular formula is C28H44O. The summed E-state index contributed by atoms with van der Waals surface area (Å²) in [7, 11) is 0. The summed E-state index contributed by atoms with van der Waals surface area (Å²) < 4.78 is 0. The maximum absolute atomic E-state index is 10.2. The van der Waals surface area contributed by atoms with Gasteiger partial charge < -0.3 is 5.11 Å². The Bertz CT molecular complexity index is 712. The number of aliphatic hydroxyl groups excluding tert-OH is 1. The molecule has 0 aromatic heterocycles. The van der Waals surface area contributed by atoms with E-state index < -0.39 is 0 Å². The van der Waals surface area contributed by atoms with E-state index in [1.54, 1.807) is 5.57 Å². The Labute approximate surface area is 179 Å².